The smallest absolute Gasteiger partial charge is 0.243 e. The van der Waals surface area contributed by atoms with E-state index in [1.807, 2.05) is 32.9 Å². The van der Waals surface area contributed by atoms with Gasteiger partial charge in [0, 0.05) is 26.2 Å². The van der Waals surface area contributed by atoms with Crippen LogP contribution in [0, 0.1) is 20.8 Å². The van der Waals surface area contributed by atoms with Crippen LogP contribution in [0.25, 0.3) is 0 Å². The van der Waals surface area contributed by atoms with Gasteiger partial charge in [-0.05, 0) is 56.2 Å². The summed E-state index contributed by atoms with van der Waals surface area (Å²) in [5, 5.41) is 8.26. The zero-order valence-electron chi connectivity index (χ0n) is 15.6. The Morgan fingerprint density at radius 3 is 2.19 bits per heavy atom. The summed E-state index contributed by atoms with van der Waals surface area (Å²) >= 11 is 0. The SMILES string of the molecule is COc1ccc(S(=O)(=O)N2CCN(c3ccc(C)nn3)CC2)c(C)c1C. The summed E-state index contributed by atoms with van der Waals surface area (Å²) in [6.45, 7) is 7.60. The Hall–Kier alpha value is -2.19. The van der Waals surface area contributed by atoms with Crippen molar-refractivity contribution in [3.05, 3.63) is 41.1 Å². The zero-order chi connectivity index (χ0) is 18.9. The van der Waals surface area contributed by atoms with E-state index in [2.05, 4.69) is 15.1 Å². The van der Waals surface area contributed by atoms with Crippen molar-refractivity contribution in [3.63, 3.8) is 0 Å². The highest BCUT2D eigenvalue weighted by Gasteiger charge is 2.30. The summed E-state index contributed by atoms with van der Waals surface area (Å²) in [5.74, 6) is 1.48. The molecular formula is C18H24N4O3S. The quantitative estimate of drug-likeness (QED) is 0.812. The number of aryl methyl sites for hydroxylation is 1. The van der Waals surface area contributed by atoms with E-state index in [0.717, 1.165) is 22.6 Å². The van der Waals surface area contributed by atoms with Gasteiger partial charge in [0.25, 0.3) is 0 Å². The second kappa shape index (κ2) is 7.20. The van der Waals surface area contributed by atoms with Crippen molar-refractivity contribution >= 4 is 15.8 Å². The predicted molar refractivity (Wildman–Crippen MR) is 100 cm³/mol. The fraction of sp³-hybridized carbons (Fsp3) is 0.444. The van der Waals surface area contributed by atoms with Gasteiger partial charge in [0.1, 0.15) is 5.75 Å². The summed E-state index contributed by atoms with van der Waals surface area (Å²) in [5.41, 5.74) is 2.44. The second-order valence-electron chi connectivity index (χ2n) is 6.44. The summed E-state index contributed by atoms with van der Waals surface area (Å²) in [7, 11) is -1.95. The molecule has 0 aliphatic carbocycles. The minimum absolute atomic E-state index is 0.347. The van der Waals surface area contributed by atoms with E-state index in [4.69, 9.17) is 4.74 Å². The van der Waals surface area contributed by atoms with Gasteiger partial charge in [0.15, 0.2) is 5.82 Å². The van der Waals surface area contributed by atoms with Crippen LogP contribution in [0.2, 0.25) is 0 Å². The lowest BCUT2D eigenvalue weighted by Gasteiger charge is -2.34. The summed E-state index contributed by atoms with van der Waals surface area (Å²) in [4.78, 5) is 2.41. The Kier molecular flexibility index (Phi) is 5.15. The molecule has 0 saturated carbocycles. The fourth-order valence-electron chi connectivity index (χ4n) is 3.13. The number of rotatable bonds is 4. The highest BCUT2D eigenvalue weighted by atomic mass is 32.2. The maximum atomic E-state index is 13.1. The predicted octanol–water partition coefficient (Wildman–Crippen LogP) is 1.92. The molecule has 0 bridgehead atoms. The largest absolute Gasteiger partial charge is 0.496 e. The van der Waals surface area contributed by atoms with E-state index in [9.17, 15) is 8.42 Å². The van der Waals surface area contributed by atoms with Crippen molar-refractivity contribution in [3.8, 4) is 5.75 Å². The molecule has 1 aliphatic heterocycles. The van der Waals surface area contributed by atoms with Crippen LogP contribution >= 0.6 is 0 Å². The topological polar surface area (TPSA) is 75.6 Å². The van der Waals surface area contributed by atoms with E-state index in [1.54, 1.807) is 23.5 Å². The standard InChI is InChI=1S/C18H24N4O3S/c1-13-5-8-18(20-19-13)21-9-11-22(12-10-21)26(23,24)17-7-6-16(25-4)14(2)15(17)3/h5-8H,9-12H2,1-4H3. The Bertz CT molecular complexity index is 889. The molecule has 1 aromatic heterocycles. The van der Waals surface area contributed by atoms with Gasteiger partial charge in [0.05, 0.1) is 17.7 Å². The van der Waals surface area contributed by atoms with Crippen LogP contribution < -0.4 is 9.64 Å². The van der Waals surface area contributed by atoms with Crippen LogP contribution in [0.3, 0.4) is 0 Å². The Morgan fingerprint density at radius 2 is 1.62 bits per heavy atom. The number of hydrogen-bond acceptors (Lipinski definition) is 6. The molecular weight excluding hydrogens is 352 g/mol. The molecule has 0 atom stereocenters. The van der Waals surface area contributed by atoms with Crippen LogP contribution in [0.4, 0.5) is 5.82 Å². The van der Waals surface area contributed by atoms with E-state index in [0.29, 0.717) is 36.8 Å². The van der Waals surface area contributed by atoms with Crippen molar-refractivity contribution < 1.29 is 13.2 Å². The lowest BCUT2D eigenvalue weighted by atomic mass is 10.1. The molecule has 0 N–H and O–H groups in total. The first-order valence-corrected chi connectivity index (χ1v) is 9.98. The second-order valence-corrected chi connectivity index (χ2v) is 8.35. The van der Waals surface area contributed by atoms with Gasteiger partial charge in [-0.25, -0.2) is 8.42 Å². The number of ether oxygens (including phenoxy) is 1. The van der Waals surface area contributed by atoms with Gasteiger partial charge in [-0.15, -0.1) is 5.10 Å². The van der Waals surface area contributed by atoms with Crippen molar-refractivity contribution in [2.75, 3.05) is 38.2 Å². The van der Waals surface area contributed by atoms with Crippen molar-refractivity contribution in [2.45, 2.75) is 25.7 Å². The number of sulfonamides is 1. The molecule has 0 radical (unpaired) electrons. The Morgan fingerprint density at radius 1 is 0.923 bits per heavy atom. The van der Waals surface area contributed by atoms with Crippen molar-refractivity contribution in [1.82, 2.24) is 14.5 Å². The molecule has 0 spiro atoms. The summed E-state index contributed by atoms with van der Waals surface area (Å²) < 4.78 is 33.0. The fourth-order valence-corrected chi connectivity index (χ4v) is 4.83. The van der Waals surface area contributed by atoms with E-state index >= 15 is 0 Å². The van der Waals surface area contributed by atoms with E-state index in [1.165, 1.54) is 0 Å². The molecule has 26 heavy (non-hydrogen) atoms. The minimum Gasteiger partial charge on any atom is -0.496 e. The molecule has 7 nitrogen and oxygen atoms in total. The number of benzene rings is 1. The molecule has 1 fully saturated rings. The van der Waals surface area contributed by atoms with Crippen molar-refractivity contribution in [2.24, 2.45) is 0 Å². The van der Waals surface area contributed by atoms with Crippen LogP contribution in [0.1, 0.15) is 16.8 Å². The number of anilines is 1. The Balaban J connectivity index is 1.78. The number of methoxy groups -OCH3 is 1. The highest BCUT2D eigenvalue weighted by Crippen LogP contribution is 2.29. The third-order valence-corrected chi connectivity index (χ3v) is 6.92. The molecule has 3 rings (SSSR count). The monoisotopic (exact) mass is 376 g/mol. The van der Waals surface area contributed by atoms with E-state index in [-0.39, 0.29) is 0 Å². The number of aromatic nitrogens is 2. The first-order valence-electron chi connectivity index (χ1n) is 8.54. The van der Waals surface area contributed by atoms with Crippen LogP contribution in [0.15, 0.2) is 29.2 Å². The van der Waals surface area contributed by atoms with Gasteiger partial charge in [-0.3, -0.25) is 0 Å². The minimum atomic E-state index is -3.54. The van der Waals surface area contributed by atoms with Gasteiger partial charge < -0.3 is 9.64 Å². The maximum Gasteiger partial charge on any atom is 0.243 e. The van der Waals surface area contributed by atoms with Gasteiger partial charge in [0.2, 0.25) is 10.0 Å². The maximum absolute atomic E-state index is 13.1. The normalized spacial score (nSPS) is 15.9. The lowest BCUT2D eigenvalue weighted by molar-refractivity contribution is 0.382. The molecule has 1 aromatic carbocycles. The van der Waals surface area contributed by atoms with Gasteiger partial charge >= 0.3 is 0 Å². The average Bonchev–Trinajstić information content (AvgIpc) is 2.64. The van der Waals surface area contributed by atoms with Crippen LogP contribution in [-0.4, -0.2) is 56.2 Å². The van der Waals surface area contributed by atoms with Crippen LogP contribution in [-0.2, 0) is 10.0 Å². The number of piperazine rings is 1. The highest BCUT2D eigenvalue weighted by molar-refractivity contribution is 7.89. The molecule has 140 valence electrons. The first-order chi connectivity index (χ1) is 12.3. The number of nitrogens with zero attached hydrogens (tertiary/aromatic N) is 4. The summed E-state index contributed by atoms with van der Waals surface area (Å²) in [6.07, 6.45) is 0. The summed E-state index contributed by atoms with van der Waals surface area (Å²) in [6, 6.07) is 7.18. The molecule has 0 unspecified atom stereocenters. The van der Waals surface area contributed by atoms with Crippen molar-refractivity contribution in [1.29, 1.82) is 0 Å². The number of hydrogen-bond donors (Lipinski definition) is 0. The van der Waals surface area contributed by atoms with Gasteiger partial charge in [-0.1, -0.05) is 0 Å². The lowest BCUT2D eigenvalue weighted by Crippen LogP contribution is -2.49. The third-order valence-electron chi connectivity index (χ3n) is 4.87. The molecule has 2 heterocycles. The molecule has 1 saturated heterocycles. The van der Waals surface area contributed by atoms with Crippen LogP contribution in [0.5, 0.6) is 5.75 Å². The van der Waals surface area contributed by atoms with E-state index < -0.39 is 10.0 Å². The van der Waals surface area contributed by atoms with Gasteiger partial charge in [-0.2, -0.15) is 9.40 Å². The Labute approximate surface area is 154 Å². The molecule has 8 heteroatoms. The molecule has 0 amide bonds. The molecule has 2 aromatic rings. The molecule has 1 aliphatic rings. The first kappa shape index (κ1) is 18.6. The third kappa shape index (κ3) is 3.39. The zero-order valence-corrected chi connectivity index (χ0v) is 16.4. The average molecular weight is 376 g/mol.